The lowest BCUT2D eigenvalue weighted by Gasteiger charge is -2.10. The van der Waals surface area contributed by atoms with Crippen molar-refractivity contribution in [1.29, 1.82) is 0 Å². The molecule has 0 bridgehead atoms. The van der Waals surface area contributed by atoms with Crippen LogP contribution in [0.25, 0.3) is 0 Å². The third-order valence-electron chi connectivity index (χ3n) is 3.07. The quantitative estimate of drug-likeness (QED) is 0.768. The fraction of sp³-hybridized carbons (Fsp3) is 0.278. The van der Waals surface area contributed by atoms with E-state index < -0.39 is 0 Å². The molecule has 0 heterocycles. The number of ether oxygens (including phenoxy) is 2. The van der Waals surface area contributed by atoms with Crippen LogP contribution < -0.4 is 20.1 Å². The molecule has 0 aliphatic heterocycles. The molecule has 2 aromatic rings. The number of rotatable bonds is 7. The zero-order valence-corrected chi connectivity index (χ0v) is 13.5. The van der Waals surface area contributed by atoms with E-state index in [0.29, 0.717) is 19.8 Å². The van der Waals surface area contributed by atoms with Gasteiger partial charge in [0, 0.05) is 5.69 Å². The summed E-state index contributed by atoms with van der Waals surface area (Å²) >= 11 is 0. The monoisotopic (exact) mass is 314 g/mol. The maximum atomic E-state index is 11.8. The molecule has 0 radical (unpaired) electrons. The van der Waals surface area contributed by atoms with E-state index in [9.17, 15) is 4.79 Å². The van der Waals surface area contributed by atoms with Crippen LogP contribution in [0.2, 0.25) is 0 Å². The number of benzene rings is 2. The molecule has 2 aromatic carbocycles. The smallest absolute Gasteiger partial charge is 0.319 e. The molecule has 0 fully saturated rings. The van der Waals surface area contributed by atoms with Crippen LogP contribution in [0.3, 0.4) is 0 Å². The summed E-state index contributed by atoms with van der Waals surface area (Å²) in [6.07, 6.45) is 0. The second kappa shape index (κ2) is 8.68. The van der Waals surface area contributed by atoms with E-state index in [0.717, 1.165) is 22.7 Å². The molecule has 2 rings (SSSR count). The molecule has 23 heavy (non-hydrogen) atoms. The summed E-state index contributed by atoms with van der Waals surface area (Å²) in [6, 6.07) is 14.8. The minimum atomic E-state index is -0.245. The second-order valence-corrected chi connectivity index (χ2v) is 5.00. The number of carbonyl (C=O) groups excluding carboxylic acids is 1. The second-order valence-electron chi connectivity index (χ2n) is 5.00. The van der Waals surface area contributed by atoms with E-state index in [1.807, 2.05) is 62.4 Å². The van der Waals surface area contributed by atoms with Crippen molar-refractivity contribution >= 4 is 11.7 Å². The van der Waals surface area contributed by atoms with Gasteiger partial charge in [0.2, 0.25) is 0 Å². The van der Waals surface area contributed by atoms with Gasteiger partial charge in [0.1, 0.15) is 18.1 Å². The van der Waals surface area contributed by atoms with Crippen molar-refractivity contribution in [3.63, 3.8) is 0 Å². The SMILES string of the molecule is CCOc1ccc(OCCNC(=O)Nc2cccc(C)c2)cc1. The highest BCUT2D eigenvalue weighted by atomic mass is 16.5. The number of hydrogen-bond donors (Lipinski definition) is 2. The largest absolute Gasteiger partial charge is 0.494 e. The highest BCUT2D eigenvalue weighted by molar-refractivity contribution is 5.89. The van der Waals surface area contributed by atoms with Gasteiger partial charge >= 0.3 is 6.03 Å². The Morgan fingerprint density at radius 3 is 2.39 bits per heavy atom. The van der Waals surface area contributed by atoms with Gasteiger partial charge in [-0.3, -0.25) is 0 Å². The Kier molecular flexibility index (Phi) is 6.29. The van der Waals surface area contributed by atoms with Crippen LogP contribution in [0.1, 0.15) is 12.5 Å². The summed E-state index contributed by atoms with van der Waals surface area (Å²) in [7, 11) is 0. The van der Waals surface area contributed by atoms with Gasteiger partial charge in [0.25, 0.3) is 0 Å². The van der Waals surface area contributed by atoms with Crippen LogP contribution in [-0.2, 0) is 0 Å². The number of nitrogens with one attached hydrogen (secondary N) is 2. The number of anilines is 1. The van der Waals surface area contributed by atoms with E-state index in [2.05, 4.69) is 10.6 Å². The Balaban J connectivity index is 1.67. The number of aryl methyl sites for hydroxylation is 1. The molecule has 0 aliphatic carbocycles. The average molecular weight is 314 g/mol. The number of hydrogen-bond acceptors (Lipinski definition) is 3. The highest BCUT2D eigenvalue weighted by Gasteiger charge is 2.01. The molecule has 0 saturated heterocycles. The van der Waals surface area contributed by atoms with Gasteiger partial charge < -0.3 is 20.1 Å². The molecule has 0 saturated carbocycles. The Bertz CT molecular complexity index is 626. The lowest BCUT2D eigenvalue weighted by atomic mass is 10.2. The van der Waals surface area contributed by atoms with Crippen LogP contribution in [0.4, 0.5) is 10.5 Å². The van der Waals surface area contributed by atoms with Gasteiger partial charge in [-0.15, -0.1) is 0 Å². The predicted molar refractivity (Wildman–Crippen MR) is 91.3 cm³/mol. The Morgan fingerprint density at radius 2 is 1.74 bits per heavy atom. The van der Waals surface area contributed by atoms with Gasteiger partial charge in [-0.25, -0.2) is 4.79 Å². The van der Waals surface area contributed by atoms with Crippen molar-refractivity contribution in [2.75, 3.05) is 25.1 Å². The molecule has 0 unspecified atom stereocenters. The first-order valence-electron chi connectivity index (χ1n) is 7.64. The first-order valence-corrected chi connectivity index (χ1v) is 7.64. The molecule has 122 valence electrons. The van der Waals surface area contributed by atoms with Crippen molar-refractivity contribution in [2.45, 2.75) is 13.8 Å². The molecule has 2 amide bonds. The van der Waals surface area contributed by atoms with E-state index in [-0.39, 0.29) is 6.03 Å². The summed E-state index contributed by atoms with van der Waals surface area (Å²) in [5.41, 5.74) is 1.87. The fourth-order valence-corrected chi connectivity index (χ4v) is 2.03. The zero-order valence-electron chi connectivity index (χ0n) is 13.5. The molecule has 0 atom stereocenters. The zero-order chi connectivity index (χ0) is 16.5. The van der Waals surface area contributed by atoms with E-state index in [1.54, 1.807) is 0 Å². The Hall–Kier alpha value is -2.69. The van der Waals surface area contributed by atoms with Gasteiger partial charge in [0.05, 0.1) is 13.2 Å². The maximum Gasteiger partial charge on any atom is 0.319 e. The first-order chi connectivity index (χ1) is 11.2. The van der Waals surface area contributed by atoms with E-state index >= 15 is 0 Å². The lowest BCUT2D eigenvalue weighted by molar-refractivity contribution is 0.247. The van der Waals surface area contributed by atoms with Crippen molar-refractivity contribution < 1.29 is 14.3 Å². The molecule has 0 aliphatic rings. The van der Waals surface area contributed by atoms with Gasteiger partial charge in [-0.1, -0.05) is 12.1 Å². The topological polar surface area (TPSA) is 59.6 Å². The summed E-state index contributed by atoms with van der Waals surface area (Å²) in [5.74, 6) is 1.56. The van der Waals surface area contributed by atoms with E-state index in [1.165, 1.54) is 0 Å². The standard InChI is InChI=1S/C18H22N2O3/c1-3-22-16-7-9-17(10-8-16)23-12-11-19-18(21)20-15-6-4-5-14(2)13-15/h4-10,13H,3,11-12H2,1-2H3,(H2,19,20,21). The van der Waals surface area contributed by atoms with Crippen LogP contribution >= 0.6 is 0 Å². The third-order valence-corrected chi connectivity index (χ3v) is 3.07. The highest BCUT2D eigenvalue weighted by Crippen LogP contribution is 2.17. The summed E-state index contributed by atoms with van der Waals surface area (Å²) in [6.45, 7) is 5.38. The van der Waals surface area contributed by atoms with Crippen molar-refractivity contribution in [1.82, 2.24) is 5.32 Å². The van der Waals surface area contributed by atoms with Crippen LogP contribution in [-0.4, -0.2) is 25.8 Å². The van der Waals surface area contributed by atoms with E-state index in [4.69, 9.17) is 9.47 Å². The Labute approximate surface area is 136 Å². The molecular formula is C18H22N2O3. The van der Waals surface area contributed by atoms with Crippen LogP contribution in [0, 0.1) is 6.92 Å². The van der Waals surface area contributed by atoms with Crippen LogP contribution in [0.15, 0.2) is 48.5 Å². The van der Waals surface area contributed by atoms with Crippen LogP contribution in [0.5, 0.6) is 11.5 Å². The lowest BCUT2D eigenvalue weighted by Crippen LogP contribution is -2.32. The van der Waals surface area contributed by atoms with Gasteiger partial charge in [-0.05, 0) is 55.8 Å². The average Bonchev–Trinajstić information content (AvgIpc) is 2.53. The number of carbonyl (C=O) groups is 1. The predicted octanol–water partition coefficient (Wildman–Crippen LogP) is 3.59. The van der Waals surface area contributed by atoms with Crippen molar-refractivity contribution in [2.24, 2.45) is 0 Å². The van der Waals surface area contributed by atoms with Crippen molar-refractivity contribution in [3.05, 3.63) is 54.1 Å². The summed E-state index contributed by atoms with van der Waals surface area (Å²) < 4.78 is 10.9. The molecule has 5 heteroatoms. The van der Waals surface area contributed by atoms with Crippen molar-refractivity contribution in [3.8, 4) is 11.5 Å². The normalized spacial score (nSPS) is 10.0. The molecule has 5 nitrogen and oxygen atoms in total. The fourth-order valence-electron chi connectivity index (χ4n) is 2.03. The minimum absolute atomic E-state index is 0.245. The van der Waals surface area contributed by atoms with Gasteiger partial charge in [-0.2, -0.15) is 0 Å². The third kappa shape index (κ3) is 5.90. The summed E-state index contributed by atoms with van der Waals surface area (Å²) in [5, 5.41) is 5.53. The molecule has 0 spiro atoms. The Morgan fingerprint density at radius 1 is 1.04 bits per heavy atom. The number of urea groups is 1. The first kappa shape index (κ1) is 16.7. The maximum absolute atomic E-state index is 11.8. The van der Waals surface area contributed by atoms with Gasteiger partial charge in [0.15, 0.2) is 0 Å². The number of amides is 2. The minimum Gasteiger partial charge on any atom is -0.494 e. The summed E-state index contributed by atoms with van der Waals surface area (Å²) in [4.78, 5) is 11.8. The molecular weight excluding hydrogens is 292 g/mol. The molecule has 0 aromatic heterocycles. The molecule has 2 N–H and O–H groups in total.